The first-order chi connectivity index (χ1) is 8.08. The van der Waals surface area contributed by atoms with Crippen LogP contribution >= 0.6 is 11.6 Å². The van der Waals surface area contributed by atoms with Gasteiger partial charge in [-0.25, -0.2) is 0 Å². The van der Waals surface area contributed by atoms with Crippen molar-refractivity contribution in [2.75, 3.05) is 0 Å². The first kappa shape index (κ1) is 11.7. The first-order valence-electron chi connectivity index (χ1n) is 4.96. The molecule has 0 fully saturated rings. The van der Waals surface area contributed by atoms with Gasteiger partial charge in [0, 0.05) is 30.9 Å². The largest absolute Gasteiger partial charge is 0.349 e. The monoisotopic (exact) mass is 254 g/mol. The van der Waals surface area contributed by atoms with Gasteiger partial charge < -0.3 is 9.84 Å². The molecule has 0 aromatic carbocycles. The van der Waals surface area contributed by atoms with Crippen molar-refractivity contribution in [2.45, 2.75) is 13.5 Å². The summed E-state index contributed by atoms with van der Waals surface area (Å²) >= 11 is 5.55. The molecule has 0 atom stereocenters. The van der Waals surface area contributed by atoms with Crippen LogP contribution in [0.25, 0.3) is 0 Å². The number of nitrogens with one attached hydrogen (secondary N) is 1. The van der Waals surface area contributed by atoms with Crippen molar-refractivity contribution in [3.63, 3.8) is 0 Å². The zero-order valence-electron chi connectivity index (χ0n) is 9.40. The lowest BCUT2D eigenvalue weighted by Crippen LogP contribution is -2.22. The smallest absolute Gasteiger partial charge is 0.290 e. The number of aromatic nitrogens is 3. The summed E-state index contributed by atoms with van der Waals surface area (Å²) in [5, 5.41) is 10.4. The second-order valence-corrected chi connectivity index (χ2v) is 3.96. The van der Waals surface area contributed by atoms with Crippen LogP contribution in [0.4, 0.5) is 0 Å². The Labute approximate surface area is 103 Å². The lowest BCUT2D eigenvalue weighted by molar-refractivity contribution is 0.0914. The number of rotatable bonds is 3. The quantitative estimate of drug-likeness (QED) is 0.896. The fourth-order valence-electron chi connectivity index (χ4n) is 1.34. The second-order valence-electron chi connectivity index (χ2n) is 3.58. The zero-order chi connectivity index (χ0) is 12.4. The molecule has 2 heterocycles. The Hall–Kier alpha value is -1.82. The van der Waals surface area contributed by atoms with Gasteiger partial charge in [0.2, 0.25) is 5.76 Å². The van der Waals surface area contributed by atoms with Gasteiger partial charge >= 0.3 is 0 Å². The van der Waals surface area contributed by atoms with Crippen LogP contribution in [-0.2, 0) is 13.6 Å². The molecule has 17 heavy (non-hydrogen) atoms. The lowest BCUT2D eigenvalue weighted by Gasteiger charge is -2.02. The van der Waals surface area contributed by atoms with Gasteiger partial charge in [0.25, 0.3) is 5.91 Å². The van der Waals surface area contributed by atoms with Crippen molar-refractivity contribution in [1.29, 1.82) is 0 Å². The standard InChI is InChI=1S/C10H11ClN4O2/c1-6-7(5-13-15(6)2)4-12-10(16)8-3-9(11)14-17-8/h3,5H,4H2,1-2H3,(H,12,16). The van der Waals surface area contributed by atoms with Crippen molar-refractivity contribution in [1.82, 2.24) is 20.3 Å². The number of hydrogen-bond acceptors (Lipinski definition) is 4. The normalized spacial score (nSPS) is 10.5. The third-order valence-corrected chi connectivity index (χ3v) is 2.66. The number of carbonyl (C=O) groups is 1. The molecule has 0 aliphatic heterocycles. The molecule has 1 N–H and O–H groups in total. The molecule has 0 unspecified atom stereocenters. The Morgan fingerprint density at radius 3 is 2.94 bits per heavy atom. The molecule has 0 saturated heterocycles. The summed E-state index contributed by atoms with van der Waals surface area (Å²) in [6, 6.07) is 1.37. The average Bonchev–Trinajstić information content (AvgIpc) is 2.86. The highest BCUT2D eigenvalue weighted by atomic mass is 35.5. The van der Waals surface area contributed by atoms with Crippen molar-refractivity contribution in [3.05, 3.63) is 34.4 Å². The predicted octanol–water partition coefficient (Wildman–Crippen LogP) is 1.30. The molecule has 0 radical (unpaired) electrons. The summed E-state index contributed by atoms with van der Waals surface area (Å²) in [6.07, 6.45) is 1.71. The number of hydrogen-bond donors (Lipinski definition) is 1. The third kappa shape index (κ3) is 2.47. The number of halogens is 1. The third-order valence-electron chi connectivity index (χ3n) is 2.48. The van der Waals surface area contributed by atoms with E-state index in [4.69, 9.17) is 16.1 Å². The Morgan fingerprint density at radius 2 is 2.41 bits per heavy atom. The Kier molecular flexibility index (Phi) is 3.14. The number of nitrogens with zero attached hydrogens (tertiary/aromatic N) is 3. The van der Waals surface area contributed by atoms with Crippen molar-refractivity contribution < 1.29 is 9.32 Å². The van der Waals surface area contributed by atoms with Gasteiger partial charge in [-0.05, 0) is 6.92 Å². The highest BCUT2D eigenvalue weighted by Crippen LogP contribution is 2.09. The minimum atomic E-state index is -0.354. The van der Waals surface area contributed by atoms with E-state index in [0.29, 0.717) is 6.54 Å². The first-order valence-corrected chi connectivity index (χ1v) is 5.33. The number of amides is 1. The Balaban J connectivity index is 1.99. The molecule has 0 aliphatic rings. The minimum Gasteiger partial charge on any atom is -0.349 e. The lowest BCUT2D eigenvalue weighted by atomic mass is 10.2. The molecule has 6 nitrogen and oxygen atoms in total. The van der Waals surface area contributed by atoms with Gasteiger partial charge in [-0.2, -0.15) is 5.10 Å². The van der Waals surface area contributed by atoms with Gasteiger partial charge in [-0.3, -0.25) is 9.48 Å². The van der Waals surface area contributed by atoms with Gasteiger partial charge in [-0.1, -0.05) is 16.8 Å². The van der Waals surface area contributed by atoms with Crippen molar-refractivity contribution >= 4 is 17.5 Å². The van der Waals surface area contributed by atoms with E-state index in [-0.39, 0.29) is 16.8 Å². The summed E-state index contributed by atoms with van der Waals surface area (Å²) in [7, 11) is 1.84. The van der Waals surface area contributed by atoms with E-state index in [1.54, 1.807) is 10.9 Å². The molecule has 2 aromatic rings. The molecule has 2 aromatic heterocycles. The van der Waals surface area contributed by atoms with Crippen LogP contribution in [0.1, 0.15) is 21.8 Å². The molecule has 0 aliphatic carbocycles. The summed E-state index contributed by atoms with van der Waals surface area (Å²) in [4.78, 5) is 11.6. The van der Waals surface area contributed by atoms with Crippen LogP contribution in [0.2, 0.25) is 5.15 Å². The van der Waals surface area contributed by atoms with Gasteiger partial charge in [0.1, 0.15) is 0 Å². The summed E-state index contributed by atoms with van der Waals surface area (Å²) < 4.78 is 6.48. The van der Waals surface area contributed by atoms with E-state index >= 15 is 0 Å². The fraction of sp³-hybridized carbons (Fsp3) is 0.300. The highest BCUT2D eigenvalue weighted by molar-refractivity contribution is 6.29. The molecule has 1 amide bonds. The second kappa shape index (κ2) is 4.58. The molecule has 7 heteroatoms. The molecular weight excluding hydrogens is 244 g/mol. The maximum atomic E-state index is 11.6. The summed E-state index contributed by atoms with van der Waals surface area (Å²) in [6.45, 7) is 2.32. The van der Waals surface area contributed by atoms with Crippen LogP contribution in [0.15, 0.2) is 16.8 Å². The van der Waals surface area contributed by atoms with E-state index in [0.717, 1.165) is 11.3 Å². The predicted molar refractivity (Wildman–Crippen MR) is 60.6 cm³/mol. The van der Waals surface area contributed by atoms with E-state index in [2.05, 4.69) is 15.6 Å². The van der Waals surface area contributed by atoms with E-state index in [9.17, 15) is 4.79 Å². The van der Waals surface area contributed by atoms with Crippen molar-refractivity contribution in [2.24, 2.45) is 7.05 Å². The summed E-state index contributed by atoms with van der Waals surface area (Å²) in [5.74, 6) is -0.260. The van der Waals surface area contributed by atoms with Crippen LogP contribution in [0, 0.1) is 6.92 Å². The number of aryl methyl sites for hydroxylation is 1. The Bertz CT molecular complexity index is 546. The maximum Gasteiger partial charge on any atom is 0.290 e. The van der Waals surface area contributed by atoms with Crippen LogP contribution < -0.4 is 5.32 Å². The Morgan fingerprint density at radius 1 is 1.65 bits per heavy atom. The van der Waals surface area contributed by atoms with E-state index in [1.807, 2.05) is 14.0 Å². The SMILES string of the molecule is Cc1c(CNC(=O)c2cc(Cl)no2)cnn1C. The van der Waals surface area contributed by atoms with Crippen LogP contribution in [0.3, 0.4) is 0 Å². The number of carbonyl (C=O) groups excluding carboxylic acids is 1. The molecule has 0 saturated carbocycles. The molecular formula is C10H11ClN4O2. The van der Waals surface area contributed by atoms with Gasteiger partial charge in [0.05, 0.1) is 6.20 Å². The maximum absolute atomic E-state index is 11.6. The van der Waals surface area contributed by atoms with Crippen LogP contribution in [0.5, 0.6) is 0 Å². The minimum absolute atomic E-state index is 0.0940. The van der Waals surface area contributed by atoms with E-state index < -0.39 is 0 Å². The summed E-state index contributed by atoms with van der Waals surface area (Å²) in [5.41, 5.74) is 1.95. The fourth-order valence-corrected chi connectivity index (χ4v) is 1.47. The van der Waals surface area contributed by atoms with Gasteiger partial charge in [-0.15, -0.1) is 0 Å². The average molecular weight is 255 g/mol. The van der Waals surface area contributed by atoms with Crippen molar-refractivity contribution in [3.8, 4) is 0 Å². The highest BCUT2D eigenvalue weighted by Gasteiger charge is 2.12. The van der Waals surface area contributed by atoms with Crippen LogP contribution in [-0.4, -0.2) is 20.8 Å². The topological polar surface area (TPSA) is 73.0 Å². The molecule has 2 rings (SSSR count). The molecule has 0 spiro atoms. The molecule has 0 bridgehead atoms. The molecule has 90 valence electrons. The van der Waals surface area contributed by atoms with E-state index in [1.165, 1.54) is 6.07 Å². The van der Waals surface area contributed by atoms with Gasteiger partial charge in [0.15, 0.2) is 5.15 Å². The zero-order valence-corrected chi connectivity index (χ0v) is 10.2.